The molecule has 2 N–H and O–H groups in total. The zero-order valence-corrected chi connectivity index (χ0v) is 20.8. The van der Waals surface area contributed by atoms with Crippen LogP contribution in [0, 0.1) is 6.92 Å². The van der Waals surface area contributed by atoms with Gasteiger partial charge in [-0.3, -0.25) is 14.4 Å². The molecule has 9 heteroatoms. The fraction of sp³-hybridized carbons (Fsp3) is 0.333. The van der Waals surface area contributed by atoms with Gasteiger partial charge >= 0.3 is 0 Å². The maximum Gasteiger partial charge on any atom is 0.255 e. The number of aliphatic hydroxyl groups is 1. The van der Waals surface area contributed by atoms with Gasteiger partial charge in [0, 0.05) is 25.2 Å². The molecule has 0 saturated carbocycles. The van der Waals surface area contributed by atoms with Gasteiger partial charge in [0.15, 0.2) is 0 Å². The minimum absolute atomic E-state index is 0.226. The van der Waals surface area contributed by atoms with E-state index in [4.69, 9.17) is 0 Å². The summed E-state index contributed by atoms with van der Waals surface area (Å²) in [6.45, 7) is 2.53. The van der Waals surface area contributed by atoms with Crippen molar-refractivity contribution in [3.8, 4) is 10.4 Å². The van der Waals surface area contributed by atoms with Gasteiger partial charge in [-0.2, -0.15) is 0 Å². The molecule has 2 aliphatic heterocycles. The van der Waals surface area contributed by atoms with Crippen LogP contribution >= 0.6 is 11.3 Å². The molecule has 2 aromatic carbocycles. The molecule has 186 valence electrons. The smallest absolute Gasteiger partial charge is 0.255 e. The lowest BCUT2D eigenvalue weighted by atomic mass is 10.1. The summed E-state index contributed by atoms with van der Waals surface area (Å²) in [5, 5.41) is 13.0. The van der Waals surface area contributed by atoms with Crippen LogP contribution in [0.3, 0.4) is 0 Å². The summed E-state index contributed by atoms with van der Waals surface area (Å²) in [7, 11) is 0. The second-order valence-corrected chi connectivity index (χ2v) is 10.0. The van der Waals surface area contributed by atoms with Crippen LogP contribution in [0.2, 0.25) is 0 Å². The number of rotatable bonds is 7. The van der Waals surface area contributed by atoms with Crippen molar-refractivity contribution in [1.82, 2.24) is 20.1 Å². The number of nitrogens with one attached hydrogen (secondary N) is 1. The molecule has 0 spiro atoms. The van der Waals surface area contributed by atoms with Crippen molar-refractivity contribution >= 4 is 29.1 Å². The Morgan fingerprint density at radius 3 is 2.67 bits per heavy atom. The Bertz CT molecular complexity index is 1290. The maximum atomic E-state index is 13.4. The zero-order valence-electron chi connectivity index (χ0n) is 20.0. The highest BCUT2D eigenvalue weighted by Crippen LogP contribution is 2.28. The fourth-order valence-corrected chi connectivity index (χ4v) is 5.80. The summed E-state index contributed by atoms with van der Waals surface area (Å²) >= 11 is 1.60. The number of thiazole rings is 1. The Labute approximate surface area is 213 Å². The highest BCUT2D eigenvalue weighted by atomic mass is 32.1. The Morgan fingerprint density at radius 2 is 1.97 bits per heavy atom. The standard InChI is InChI=1S/C27H28N4O4S/c1-17-24(36-16-29-17)19-10-8-18(9-11-19)13-28-25(33)22-7-4-12-30(22)27(35)23(15-32)31-14-20-5-2-3-6-21(20)26(31)34/h2-3,5-6,8-11,16,22-23,32H,4,7,12-15H2,1H3,(H,28,33). The van der Waals surface area contributed by atoms with E-state index in [0.29, 0.717) is 31.5 Å². The minimum atomic E-state index is -1.01. The molecule has 5 rings (SSSR count). The van der Waals surface area contributed by atoms with E-state index in [9.17, 15) is 19.5 Å². The van der Waals surface area contributed by atoms with Gasteiger partial charge in [0.1, 0.15) is 12.1 Å². The van der Waals surface area contributed by atoms with E-state index < -0.39 is 18.7 Å². The molecule has 2 atom stereocenters. The van der Waals surface area contributed by atoms with Crippen LogP contribution < -0.4 is 5.32 Å². The quantitative estimate of drug-likeness (QED) is 0.515. The lowest BCUT2D eigenvalue weighted by Gasteiger charge is -2.32. The Hall–Kier alpha value is -3.56. The van der Waals surface area contributed by atoms with Crippen LogP contribution in [-0.4, -0.2) is 62.8 Å². The van der Waals surface area contributed by atoms with Crippen molar-refractivity contribution < 1.29 is 19.5 Å². The second kappa shape index (κ2) is 10.2. The van der Waals surface area contributed by atoms with Crippen LogP contribution in [0.25, 0.3) is 10.4 Å². The van der Waals surface area contributed by atoms with Crippen LogP contribution in [0.4, 0.5) is 0 Å². The van der Waals surface area contributed by atoms with Gasteiger partial charge in [0.2, 0.25) is 11.8 Å². The Balaban J connectivity index is 1.22. The molecule has 0 radical (unpaired) electrons. The SMILES string of the molecule is Cc1ncsc1-c1ccc(CNC(=O)C2CCCN2C(=O)C(CO)N2Cc3ccccc3C2=O)cc1. The summed E-state index contributed by atoms with van der Waals surface area (Å²) in [5.74, 6) is -0.883. The topological polar surface area (TPSA) is 103 Å². The molecule has 2 unspecified atom stereocenters. The molecule has 2 aliphatic rings. The van der Waals surface area contributed by atoms with Crippen molar-refractivity contribution in [3.05, 3.63) is 76.4 Å². The van der Waals surface area contributed by atoms with Crippen molar-refractivity contribution in [1.29, 1.82) is 0 Å². The van der Waals surface area contributed by atoms with Crippen molar-refractivity contribution in [2.45, 2.75) is 44.9 Å². The normalized spacial score (nSPS) is 17.8. The van der Waals surface area contributed by atoms with Crippen LogP contribution in [-0.2, 0) is 22.7 Å². The molecule has 1 fully saturated rings. The van der Waals surface area contributed by atoms with Gasteiger partial charge in [-0.15, -0.1) is 11.3 Å². The molecule has 3 heterocycles. The summed E-state index contributed by atoms with van der Waals surface area (Å²) in [4.78, 5) is 47.7. The van der Waals surface area contributed by atoms with Crippen LogP contribution in [0.5, 0.6) is 0 Å². The summed E-state index contributed by atoms with van der Waals surface area (Å²) in [6.07, 6.45) is 1.24. The lowest BCUT2D eigenvalue weighted by molar-refractivity contribution is -0.143. The zero-order chi connectivity index (χ0) is 25.2. The van der Waals surface area contributed by atoms with Gasteiger partial charge < -0.3 is 20.2 Å². The highest BCUT2D eigenvalue weighted by Gasteiger charge is 2.42. The molecular weight excluding hydrogens is 476 g/mol. The molecule has 0 aliphatic carbocycles. The third-order valence-electron chi connectivity index (χ3n) is 6.95. The first-order valence-electron chi connectivity index (χ1n) is 12.0. The molecule has 1 aromatic heterocycles. The number of nitrogens with zero attached hydrogens (tertiary/aromatic N) is 3. The molecule has 0 bridgehead atoms. The molecule has 3 aromatic rings. The Morgan fingerprint density at radius 1 is 1.19 bits per heavy atom. The third kappa shape index (κ3) is 4.52. The predicted molar refractivity (Wildman–Crippen MR) is 136 cm³/mol. The predicted octanol–water partition coefficient (Wildman–Crippen LogP) is 2.74. The fourth-order valence-electron chi connectivity index (χ4n) is 4.99. The maximum absolute atomic E-state index is 13.4. The number of aryl methyl sites for hydroxylation is 1. The van der Waals surface area contributed by atoms with E-state index in [-0.39, 0.29) is 24.3 Å². The first-order chi connectivity index (χ1) is 17.5. The van der Waals surface area contributed by atoms with Gasteiger partial charge in [0.05, 0.1) is 22.7 Å². The number of fused-ring (bicyclic) bond motifs is 1. The lowest BCUT2D eigenvalue weighted by Crippen LogP contribution is -2.54. The van der Waals surface area contributed by atoms with Crippen molar-refractivity contribution in [2.75, 3.05) is 13.2 Å². The summed E-state index contributed by atoms with van der Waals surface area (Å²) < 4.78 is 0. The molecule has 1 saturated heterocycles. The number of carbonyl (C=O) groups excluding carboxylic acids is 3. The first-order valence-corrected chi connectivity index (χ1v) is 12.9. The van der Waals surface area contributed by atoms with Crippen LogP contribution in [0.1, 0.15) is 40.0 Å². The molecule has 8 nitrogen and oxygen atoms in total. The van der Waals surface area contributed by atoms with E-state index in [1.165, 1.54) is 9.80 Å². The molecular formula is C27H28N4O4S. The largest absolute Gasteiger partial charge is 0.394 e. The third-order valence-corrected chi connectivity index (χ3v) is 7.93. The molecule has 3 amide bonds. The van der Waals surface area contributed by atoms with Crippen LogP contribution in [0.15, 0.2) is 54.0 Å². The number of amides is 3. The van der Waals surface area contributed by atoms with E-state index in [0.717, 1.165) is 27.3 Å². The van der Waals surface area contributed by atoms with Gasteiger partial charge in [-0.1, -0.05) is 42.5 Å². The number of aromatic nitrogens is 1. The van der Waals surface area contributed by atoms with E-state index in [2.05, 4.69) is 10.3 Å². The van der Waals surface area contributed by atoms with E-state index >= 15 is 0 Å². The Kier molecular flexibility index (Phi) is 6.84. The van der Waals surface area contributed by atoms with Gasteiger partial charge in [-0.05, 0) is 42.5 Å². The number of hydrogen-bond donors (Lipinski definition) is 2. The number of carbonyl (C=O) groups is 3. The number of likely N-dealkylation sites (tertiary alicyclic amines) is 1. The average Bonchev–Trinajstić information content (AvgIpc) is 3.63. The molecule has 36 heavy (non-hydrogen) atoms. The van der Waals surface area contributed by atoms with Crippen molar-refractivity contribution in [3.63, 3.8) is 0 Å². The van der Waals surface area contributed by atoms with E-state index in [1.807, 2.05) is 48.8 Å². The van der Waals surface area contributed by atoms with E-state index in [1.54, 1.807) is 23.5 Å². The van der Waals surface area contributed by atoms with Crippen molar-refractivity contribution in [2.24, 2.45) is 0 Å². The average molecular weight is 505 g/mol. The van der Waals surface area contributed by atoms with Gasteiger partial charge in [0.25, 0.3) is 5.91 Å². The summed E-state index contributed by atoms with van der Waals surface area (Å²) in [6, 6.07) is 13.6. The monoisotopic (exact) mass is 504 g/mol. The first kappa shape index (κ1) is 24.1. The number of hydrogen-bond acceptors (Lipinski definition) is 6. The number of aliphatic hydroxyl groups excluding tert-OH is 1. The second-order valence-electron chi connectivity index (χ2n) is 9.16. The van der Waals surface area contributed by atoms with Gasteiger partial charge in [-0.25, -0.2) is 4.98 Å². The highest BCUT2D eigenvalue weighted by molar-refractivity contribution is 7.13. The number of benzene rings is 2. The minimum Gasteiger partial charge on any atom is -0.394 e. The summed E-state index contributed by atoms with van der Waals surface area (Å²) in [5.41, 5.74) is 6.25.